The van der Waals surface area contributed by atoms with Crippen molar-refractivity contribution in [3.63, 3.8) is 0 Å². The van der Waals surface area contributed by atoms with Crippen molar-refractivity contribution in [1.29, 1.82) is 0 Å². The van der Waals surface area contributed by atoms with Gasteiger partial charge < -0.3 is 15.0 Å². The molecule has 1 saturated heterocycles. The third kappa shape index (κ3) is 3.28. The molecule has 2 aromatic rings. The molecule has 5 nitrogen and oxygen atoms in total. The molecule has 1 atom stereocenters. The average molecular weight is 357 g/mol. The van der Waals surface area contributed by atoms with Crippen LogP contribution in [0.2, 0.25) is 0 Å². The lowest BCUT2D eigenvalue weighted by Gasteiger charge is -2.29. The molecule has 1 unspecified atom stereocenters. The first-order valence-electron chi connectivity index (χ1n) is 8.76. The number of nitrogens with zero attached hydrogens (tertiary/aromatic N) is 2. The van der Waals surface area contributed by atoms with Crippen molar-refractivity contribution >= 4 is 17.2 Å². The van der Waals surface area contributed by atoms with Gasteiger partial charge >= 0.3 is 0 Å². The van der Waals surface area contributed by atoms with E-state index in [9.17, 15) is 4.79 Å². The van der Waals surface area contributed by atoms with Crippen molar-refractivity contribution in [3.8, 4) is 5.75 Å². The molecule has 2 heterocycles. The van der Waals surface area contributed by atoms with Gasteiger partial charge in [-0.25, -0.2) is 4.98 Å². The molecular weight excluding hydrogens is 334 g/mol. The number of amides is 1. The molecule has 132 valence electrons. The van der Waals surface area contributed by atoms with E-state index in [0.29, 0.717) is 23.6 Å². The summed E-state index contributed by atoms with van der Waals surface area (Å²) in [7, 11) is 1.64. The highest BCUT2D eigenvalue weighted by molar-refractivity contribution is 7.09. The monoisotopic (exact) mass is 357 g/mol. The molecule has 1 aromatic carbocycles. The lowest BCUT2D eigenvalue weighted by atomic mass is 9.93. The second-order valence-electron chi connectivity index (χ2n) is 6.92. The quantitative estimate of drug-likeness (QED) is 0.894. The second kappa shape index (κ2) is 6.77. The van der Waals surface area contributed by atoms with Gasteiger partial charge in [-0.3, -0.25) is 4.79 Å². The van der Waals surface area contributed by atoms with E-state index in [1.165, 1.54) is 0 Å². The molecule has 2 fully saturated rings. The van der Waals surface area contributed by atoms with Crippen LogP contribution in [0, 0.1) is 5.41 Å². The van der Waals surface area contributed by atoms with Gasteiger partial charge in [-0.05, 0) is 62.0 Å². The number of hydrogen-bond acceptors (Lipinski definition) is 5. The fourth-order valence-electron chi connectivity index (χ4n) is 3.93. The molecule has 1 N–H and O–H groups in total. The van der Waals surface area contributed by atoms with E-state index in [-0.39, 0.29) is 5.91 Å². The van der Waals surface area contributed by atoms with Crippen LogP contribution in [0.1, 0.15) is 34.6 Å². The van der Waals surface area contributed by atoms with Gasteiger partial charge in [-0.1, -0.05) is 0 Å². The number of ether oxygens (including phenoxy) is 1. The molecule has 6 heteroatoms. The predicted molar refractivity (Wildman–Crippen MR) is 97.9 cm³/mol. The summed E-state index contributed by atoms with van der Waals surface area (Å²) in [5.74, 6) is 0.863. The Morgan fingerprint density at radius 3 is 2.76 bits per heavy atom. The molecule has 1 aromatic heterocycles. The van der Waals surface area contributed by atoms with E-state index >= 15 is 0 Å². The van der Waals surface area contributed by atoms with Crippen LogP contribution in [0.5, 0.6) is 5.75 Å². The van der Waals surface area contributed by atoms with Crippen molar-refractivity contribution in [1.82, 2.24) is 15.2 Å². The Morgan fingerprint density at radius 2 is 2.12 bits per heavy atom. The summed E-state index contributed by atoms with van der Waals surface area (Å²) in [6, 6.07) is 7.73. The van der Waals surface area contributed by atoms with Gasteiger partial charge in [0, 0.05) is 23.2 Å². The standard InChI is InChI=1S/C19H23N3O2S/c1-24-15-4-2-14(3-5-15)18(23)22(13-17-21-10-11-25-17)16-12-19(16)6-8-20-9-7-19/h2-5,10-11,16,20H,6-9,12-13H2,1H3. The third-order valence-corrected chi connectivity index (χ3v) is 6.27. The Kier molecular flexibility index (Phi) is 4.48. The minimum Gasteiger partial charge on any atom is -0.497 e. The molecule has 25 heavy (non-hydrogen) atoms. The Bertz CT molecular complexity index is 724. The van der Waals surface area contributed by atoms with Crippen LogP contribution in [0.3, 0.4) is 0 Å². The molecule has 0 bridgehead atoms. The number of rotatable bonds is 5. The number of carbonyl (C=O) groups excluding carboxylic acids is 1. The zero-order chi connectivity index (χ0) is 17.3. The maximum Gasteiger partial charge on any atom is 0.254 e. The predicted octanol–water partition coefficient (Wildman–Crippen LogP) is 2.94. The Labute approximate surface area is 152 Å². The van der Waals surface area contributed by atoms with Gasteiger partial charge in [0.05, 0.1) is 13.7 Å². The molecule has 1 aliphatic heterocycles. The number of piperidine rings is 1. The molecular formula is C19H23N3O2S. The van der Waals surface area contributed by atoms with Crippen LogP contribution in [0.4, 0.5) is 0 Å². The molecule has 2 aliphatic rings. The van der Waals surface area contributed by atoms with Gasteiger partial charge in [0.2, 0.25) is 0 Å². The Morgan fingerprint density at radius 1 is 1.36 bits per heavy atom. The SMILES string of the molecule is COc1ccc(C(=O)N(Cc2nccs2)C2CC23CCNCC3)cc1. The summed E-state index contributed by atoms with van der Waals surface area (Å²) in [5, 5.41) is 6.40. The van der Waals surface area contributed by atoms with E-state index in [1.807, 2.05) is 40.7 Å². The average Bonchev–Trinajstić information content (AvgIpc) is 3.08. The minimum atomic E-state index is 0.0956. The zero-order valence-corrected chi connectivity index (χ0v) is 15.2. The number of hydrogen-bond donors (Lipinski definition) is 1. The summed E-state index contributed by atoms with van der Waals surface area (Å²) in [5.41, 5.74) is 1.03. The number of carbonyl (C=O) groups is 1. The second-order valence-corrected chi connectivity index (χ2v) is 7.90. The van der Waals surface area contributed by atoms with Crippen LogP contribution in [-0.4, -0.2) is 42.0 Å². The minimum absolute atomic E-state index is 0.0956. The Balaban J connectivity index is 1.57. The number of nitrogens with one attached hydrogen (secondary N) is 1. The normalized spacial score (nSPS) is 21.1. The number of thiazole rings is 1. The van der Waals surface area contributed by atoms with Crippen molar-refractivity contribution in [3.05, 3.63) is 46.4 Å². The maximum absolute atomic E-state index is 13.2. The van der Waals surface area contributed by atoms with Crippen LogP contribution < -0.4 is 10.1 Å². The Hall–Kier alpha value is -1.92. The lowest BCUT2D eigenvalue weighted by molar-refractivity contribution is 0.0692. The highest BCUT2D eigenvalue weighted by Crippen LogP contribution is 2.56. The van der Waals surface area contributed by atoms with Crippen molar-refractivity contribution in [2.24, 2.45) is 5.41 Å². The summed E-state index contributed by atoms with van der Waals surface area (Å²) in [6.45, 7) is 2.71. The lowest BCUT2D eigenvalue weighted by Crippen LogP contribution is -2.39. The number of benzene rings is 1. The fourth-order valence-corrected chi connectivity index (χ4v) is 4.54. The van der Waals surface area contributed by atoms with E-state index in [0.717, 1.165) is 43.1 Å². The molecule has 1 saturated carbocycles. The van der Waals surface area contributed by atoms with Gasteiger partial charge in [-0.15, -0.1) is 11.3 Å². The molecule has 1 spiro atoms. The van der Waals surface area contributed by atoms with Gasteiger partial charge in [-0.2, -0.15) is 0 Å². The van der Waals surface area contributed by atoms with Crippen molar-refractivity contribution in [2.45, 2.75) is 31.8 Å². The van der Waals surface area contributed by atoms with Gasteiger partial charge in [0.25, 0.3) is 5.91 Å². The summed E-state index contributed by atoms with van der Waals surface area (Å²) in [4.78, 5) is 19.7. The van der Waals surface area contributed by atoms with E-state index in [4.69, 9.17) is 4.74 Å². The molecule has 4 rings (SSSR count). The highest BCUT2D eigenvalue weighted by Gasteiger charge is 2.57. The number of methoxy groups -OCH3 is 1. The molecule has 1 amide bonds. The molecule has 1 aliphatic carbocycles. The summed E-state index contributed by atoms with van der Waals surface area (Å²) >= 11 is 1.61. The fraction of sp³-hybridized carbons (Fsp3) is 0.474. The first-order valence-corrected chi connectivity index (χ1v) is 9.64. The van der Waals surface area contributed by atoms with Crippen LogP contribution in [-0.2, 0) is 6.54 Å². The van der Waals surface area contributed by atoms with Crippen molar-refractivity contribution in [2.75, 3.05) is 20.2 Å². The van der Waals surface area contributed by atoms with Crippen LogP contribution in [0.15, 0.2) is 35.8 Å². The van der Waals surface area contributed by atoms with E-state index in [1.54, 1.807) is 18.4 Å². The molecule has 0 radical (unpaired) electrons. The first-order chi connectivity index (χ1) is 12.2. The zero-order valence-electron chi connectivity index (χ0n) is 14.4. The van der Waals surface area contributed by atoms with E-state index < -0.39 is 0 Å². The highest BCUT2D eigenvalue weighted by atomic mass is 32.1. The third-order valence-electron chi connectivity index (χ3n) is 5.51. The van der Waals surface area contributed by atoms with Crippen LogP contribution >= 0.6 is 11.3 Å². The smallest absolute Gasteiger partial charge is 0.254 e. The summed E-state index contributed by atoms with van der Waals surface area (Å²) in [6.07, 6.45) is 5.23. The topological polar surface area (TPSA) is 54.5 Å². The van der Waals surface area contributed by atoms with E-state index in [2.05, 4.69) is 10.3 Å². The summed E-state index contributed by atoms with van der Waals surface area (Å²) < 4.78 is 5.20. The van der Waals surface area contributed by atoms with Crippen molar-refractivity contribution < 1.29 is 9.53 Å². The van der Waals surface area contributed by atoms with Gasteiger partial charge in [0.1, 0.15) is 10.8 Å². The maximum atomic E-state index is 13.2. The van der Waals surface area contributed by atoms with Crippen LogP contribution in [0.25, 0.3) is 0 Å². The largest absolute Gasteiger partial charge is 0.497 e. The first kappa shape index (κ1) is 16.5. The van der Waals surface area contributed by atoms with Gasteiger partial charge in [0.15, 0.2) is 0 Å². The number of aromatic nitrogens is 1.